The first-order valence-electron chi connectivity index (χ1n) is 14.6. The number of fused-ring (bicyclic) bond motifs is 1. The number of carbonyl (C=O) groups excluding carboxylic acids is 1. The van der Waals surface area contributed by atoms with Crippen LogP contribution in [0.5, 0.6) is 0 Å². The molecule has 3 heterocycles. The Bertz CT molecular complexity index is 1320. The van der Waals surface area contributed by atoms with Crippen molar-refractivity contribution in [2.45, 2.75) is 56.5 Å². The second-order valence-electron chi connectivity index (χ2n) is 11.8. The van der Waals surface area contributed by atoms with Gasteiger partial charge in [-0.05, 0) is 86.7 Å². The lowest BCUT2D eigenvalue weighted by atomic mass is 9.65. The number of hydrogen-bond donors (Lipinski definition) is 0. The Kier molecular flexibility index (Phi) is 7.52. The lowest BCUT2D eigenvalue weighted by Crippen LogP contribution is -2.53. The standard InChI is InChI=1S/C33H38N4O2/c34-24-33(28-6-2-1-3-7-28,19-32(38)39-31-8-4-5-9-31)29-13-16-36(17-14-29)21-25-22-37(23-25)30-11-10-26-12-15-35-20-27(26)18-30/h1-3,6-7,10-12,15,18,20,25,29,31H,4-5,8-9,13-14,16-17,19,21-23H2/t33-/m1/s1. The summed E-state index contributed by atoms with van der Waals surface area (Å²) in [6.07, 6.45) is 9.94. The van der Waals surface area contributed by atoms with Crippen LogP contribution in [0.25, 0.3) is 10.8 Å². The Morgan fingerprint density at radius 2 is 1.77 bits per heavy atom. The molecule has 3 aromatic rings. The van der Waals surface area contributed by atoms with Gasteiger partial charge in [-0.3, -0.25) is 9.78 Å². The molecule has 0 N–H and O–H groups in total. The normalized spacial score (nSPS) is 20.8. The molecule has 1 saturated carbocycles. The van der Waals surface area contributed by atoms with Crippen LogP contribution in [0.2, 0.25) is 0 Å². The van der Waals surface area contributed by atoms with E-state index < -0.39 is 5.41 Å². The summed E-state index contributed by atoms with van der Waals surface area (Å²) in [6.45, 7) is 5.18. The molecule has 6 nitrogen and oxygen atoms in total. The minimum atomic E-state index is -0.832. The third-order valence-electron chi connectivity index (χ3n) is 9.26. The van der Waals surface area contributed by atoms with Crippen LogP contribution < -0.4 is 4.90 Å². The van der Waals surface area contributed by atoms with E-state index >= 15 is 0 Å². The number of aromatic nitrogens is 1. The van der Waals surface area contributed by atoms with Gasteiger partial charge in [0.2, 0.25) is 0 Å². The Labute approximate surface area is 231 Å². The number of nitrogens with zero attached hydrogens (tertiary/aromatic N) is 4. The fraction of sp³-hybridized carbons (Fsp3) is 0.485. The van der Waals surface area contributed by atoms with Gasteiger partial charge in [0.15, 0.2) is 0 Å². The molecule has 1 aromatic heterocycles. The maximum atomic E-state index is 13.1. The Morgan fingerprint density at radius 3 is 2.51 bits per heavy atom. The third kappa shape index (κ3) is 5.51. The number of pyridine rings is 1. The van der Waals surface area contributed by atoms with Crippen molar-refractivity contribution in [2.75, 3.05) is 37.6 Å². The van der Waals surface area contributed by atoms with E-state index in [9.17, 15) is 10.1 Å². The summed E-state index contributed by atoms with van der Waals surface area (Å²) < 4.78 is 5.84. The molecule has 0 bridgehead atoms. The van der Waals surface area contributed by atoms with Crippen molar-refractivity contribution in [2.24, 2.45) is 11.8 Å². The number of esters is 1. The van der Waals surface area contributed by atoms with E-state index in [0.717, 1.165) is 76.8 Å². The lowest BCUT2D eigenvalue weighted by molar-refractivity contribution is -0.150. The Hall–Kier alpha value is -3.43. The van der Waals surface area contributed by atoms with Crippen LogP contribution in [0.3, 0.4) is 0 Å². The maximum absolute atomic E-state index is 13.1. The van der Waals surface area contributed by atoms with Crippen LogP contribution in [0.4, 0.5) is 5.69 Å². The number of rotatable bonds is 8. The van der Waals surface area contributed by atoms with Gasteiger partial charge in [-0.1, -0.05) is 36.4 Å². The van der Waals surface area contributed by atoms with Gasteiger partial charge in [0.1, 0.15) is 6.10 Å². The molecule has 1 aliphatic carbocycles. The SMILES string of the molecule is N#C[C@](CC(=O)OC1CCCC1)(c1ccccc1)C1CCN(CC2CN(c3ccc4ccncc4c3)C2)CC1. The van der Waals surface area contributed by atoms with Gasteiger partial charge in [-0.15, -0.1) is 0 Å². The first-order valence-corrected chi connectivity index (χ1v) is 14.6. The van der Waals surface area contributed by atoms with Gasteiger partial charge < -0.3 is 14.5 Å². The van der Waals surface area contributed by atoms with Crippen LogP contribution in [-0.2, 0) is 14.9 Å². The molecule has 0 spiro atoms. The topological polar surface area (TPSA) is 69.5 Å². The Morgan fingerprint density at radius 1 is 1.00 bits per heavy atom. The summed E-state index contributed by atoms with van der Waals surface area (Å²) in [5.41, 5.74) is 1.40. The first kappa shape index (κ1) is 25.8. The summed E-state index contributed by atoms with van der Waals surface area (Å²) in [6, 6.07) is 21.3. The largest absolute Gasteiger partial charge is 0.462 e. The second kappa shape index (κ2) is 11.4. The van der Waals surface area contributed by atoms with Crippen LogP contribution in [0, 0.1) is 23.2 Å². The summed E-state index contributed by atoms with van der Waals surface area (Å²) >= 11 is 0. The number of anilines is 1. The second-order valence-corrected chi connectivity index (χ2v) is 11.8. The molecule has 1 atom stereocenters. The monoisotopic (exact) mass is 522 g/mol. The molecule has 0 amide bonds. The summed E-state index contributed by atoms with van der Waals surface area (Å²) in [7, 11) is 0. The van der Waals surface area contributed by atoms with Crippen molar-refractivity contribution in [1.82, 2.24) is 9.88 Å². The number of likely N-dealkylation sites (tertiary alicyclic amines) is 1. The number of carbonyl (C=O) groups is 1. The first-order chi connectivity index (χ1) is 19.1. The summed E-state index contributed by atoms with van der Waals surface area (Å²) in [5, 5.41) is 13.0. The van der Waals surface area contributed by atoms with Gasteiger partial charge in [0.05, 0.1) is 17.9 Å². The van der Waals surface area contributed by atoms with Crippen molar-refractivity contribution >= 4 is 22.4 Å². The molecule has 0 radical (unpaired) electrons. The predicted octanol–water partition coefficient (Wildman–Crippen LogP) is 5.72. The van der Waals surface area contributed by atoms with E-state index in [1.807, 2.05) is 42.7 Å². The van der Waals surface area contributed by atoms with Crippen molar-refractivity contribution in [3.05, 3.63) is 72.6 Å². The average Bonchev–Trinajstić information content (AvgIpc) is 3.47. The zero-order valence-electron chi connectivity index (χ0n) is 22.7. The third-order valence-corrected chi connectivity index (χ3v) is 9.26. The molecule has 6 rings (SSSR count). The maximum Gasteiger partial charge on any atom is 0.308 e. The minimum Gasteiger partial charge on any atom is -0.462 e. The molecule has 3 aliphatic rings. The van der Waals surface area contributed by atoms with Crippen LogP contribution in [0.15, 0.2) is 67.0 Å². The zero-order chi connectivity index (χ0) is 26.7. The number of ether oxygens (including phenoxy) is 1. The molecule has 6 heteroatoms. The van der Waals surface area contributed by atoms with Crippen LogP contribution >= 0.6 is 0 Å². The molecular formula is C33H38N4O2. The lowest BCUT2D eigenvalue weighted by Gasteiger charge is -2.46. The average molecular weight is 523 g/mol. The fourth-order valence-electron chi connectivity index (χ4n) is 7.01. The number of hydrogen-bond acceptors (Lipinski definition) is 6. The number of nitriles is 1. The van der Waals surface area contributed by atoms with Crippen molar-refractivity contribution in [3.8, 4) is 6.07 Å². The highest BCUT2D eigenvalue weighted by molar-refractivity contribution is 5.85. The van der Waals surface area contributed by atoms with Gasteiger partial charge in [0, 0.05) is 49.0 Å². The van der Waals surface area contributed by atoms with E-state index in [0.29, 0.717) is 5.92 Å². The minimum absolute atomic E-state index is 0.0276. The van der Waals surface area contributed by atoms with E-state index in [-0.39, 0.29) is 24.4 Å². The zero-order valence-corrected chi connectivity index (χ0v) is 22.7. The molecule has 2 aliphatic heterocycles. The van der Waals surface area contributed by atoms with E-state index in [2.05, 4.69) is 45.1 Å². The van der Waals surface area contributed by atoms with Crippen molar-refractivity contribution < 1.29 is 9.53 Å². The molecule has 2 saturated heterocycles. The molecule has 39 heavy (non-hydrogen) atoms. The van der Waals surface area contributed by atoms with Gasteiger partial charge in [-0.25, -0.2) is 0 Å². The number of piperidine rings is 1. The van der Waals surface area contributed by atoms with Gasteiger partial charge >= 0.3 is 5.97 Å². The molecule has 0 unspecified atom stereocenters. The van der Waals surface area contributed by atoms with Crippen molar-refractivity contribution in [3.63, 3.8) is 0 Å². The summed E-state index contributed by atoms with van der Waals surface area (Å²) in [5.74, 6) is 0.581. The quantitative estimate of drug-likeness (QED) is 0.353. The van der Waals surface area contributed by atoms with Crippen LogP contribution in [0.1, 0.15) is 50.5 Å². The van der Waals surface area contributed by atoms with Gasteiger partial charge in [0.25, 0.3) is 0 Å². The molecule has 3 fully saturated rings. The van der Waals surface area contributed by atoms with E-state index in [4.69, 9.17) is 4.74 Å². The van der Waals surface area contributed by atoms with Crippen LogP contribution in [-0.4, -0.2) is 54.7 Å². The van der Waals surface area contributed by atoms with E-state index in [1.54, 1.807) is 0 Å². The summed E-state index contributed by atoms with van der Waals surface area (Å²) in [4.78, 5) is 22.4. The van der Waals surface area contributed by atoms with E-state index in [1.165, 1.54) is 16.5 Å². The highest BCUT2D eigenvalue weighted by atomic mass is 16.5. The predicted molar refractivity (Wildman–Crippen MR) is 153 cm³/mol. The smallest absolute Gasteiger partial charge is 0.308 e. The molecule has 202 valence electrons. The highest BCUT2D eigenvalue weighted by Crippen LogP contribution is 2.42. The number of benzene rings is 2. The van der Waals surface area contributed by atoms with Crippen molar-refractivity contribution in [1.29, 1.82) is 5.26 Å². The molecule has 2 aromatic carbocycles. The highest BCUT2D eigenvalue weighted by Gasteiger charge is 2.45. The fourth-order valence-corrected chi connectivity index (χ4v) is 7.01. The molecular weight excluding hydrogens is 484 g/mol. The Balaban J connectivity index is 1.06. The van der Waals surface area contributed by atoms with Gasteiger partial charge in [-0.2, -0.15) is 5.26 Å².